The number of allylic oxidation sites excluding steroid dienone is 1. The number of benzene rings is 1. The number of morpholine rings is 1. The Morgan fingerprint density at radius 2 is 2.06 bits per heavy atom. The first kappa shape index (κ1) is 21.3. The van der Waals surface area contributed by atoms with Crippen molar-refractivity contribution in [2.75, 3.05) is 32.9 Å². The maximum Gasteiger partial charge on any atom is 0.246 e. The van der Waals surface area contributed by atoms with Crippen LogP contribution in [0.3, 0.4) is 0 Å². The summed E-state index contributed by atoms with van der Waals surface area (Å²) >= 11 is 0. The van der Waals surface area contributed by atoms with Gasteiger partial charge in [0.1, 0.15) is 18.0 Å². The topological polar surface area (TPSA) is 77.1 Å². The summed E-state index contributed by atoms with van der Waals surface area (Å²) in [5, 5.41) is 2.86. The molecule has 1 aromatic carbocycles. The quantitative estimate of drug-likeness (QED) is 0.659. The molecule has 6 rings (SSSR count). The van der Waals surface area contributed by atoms with E-state index in [0.717, 1.165) is 11.6 Å². The molecule has 3 unspecified atom stereocenters. The SMILES string of the molecule is O=C1COC2(CCN3C(=O)CCOc4c(F)cc(F)cc4C4=CCC(CC4)OCC32)CN1. The minimum Gasteiger partial charge on any atom is -0.489 e. The van der Waals surface area contributed by atoms with E-state index >= 15 is 0 Å². The van der Waals surface area contributed by atoms with Gasteiger partial charge in [-0.25, -0.2) is 8.78 Å². The minimum atomic E-state index is -0.775. The predicted molar refractivity (Wildman–Crippen MR) is 110 cm³/mol. The van der Waals surface area contributed by atoms with Gasteiger partial charge in [-0.1, -0.05) is 6.08 Å². The van der Waals surface area contributed by atoms with Crippen LogP contribution in [0, 0.1) is 11.6 Å². The Morgan fingerprint density at radius 1 is 1.19 bits per heavy atom. The van der Waals surface area contributed by atoms with Crippen LogP contribution >= 0.6 is 0 Å². The van der Waals surface area contributed by atoms with Gasteiger partial charge in [0.25, 0.3) is 0 Å². The molecule has 4 heterocycles. The lowest BCUT2D eigenvalue weighted by atomic mass is 9.90. The Hall–Kier alpha value is -2.52. The average Bonchev–Trinajstić information content (AvgIpc) is 3.13. The van der Waals surface area contributed by atoms with Crippen LogP contribution < -0.4 is 10.1 Å². The molecule has 9 heteroatoms. The van der Waals surface area contributed by atoms with Gasteiger partial charge in [0.05, 0.1) is 31.8 Å². The largest absolute Gasteiger partial charge is 0.489 e. The molecule has 0 aromatic heterocycles. The molecule has 1 N–H and O–H groups in total. The predicted octanol–water partition coefficient (Wildman–Crippen LogP) is 2.19. The molecule has 2 saturated heterocycles. The van der Waals surface area contributed by atoms with Crippen molar-refractivity contribution < 1.29 is 32.6 Å². The van der Waals surface area contributed by atoms with Crippen LogP contribution in [0.1, 0.15) is 37.7 Å². The second kappa shape index (κ2) is 8.44. The second-order valence-electron chi connectivity index (χ2n) is 8.80. The van der Waals surface area contributed by atoms with Gasteiger partial charge >= 0.3 is 0 Å². The molecule has 0 saturated carbocycles. The van der Waals surface area contributed by atoms with E-state index in [1.54, 1.807) is 4.90 Å². The van der Waals surface area contributed by atoms with E-state index < -0.39 is 17.2 Å². The molecule has 4 aliphatic heterocycles. The molecule has 3 atom stereocenters. The van der Waals surface area contributed by atoms with Crippen molar-refractivity contribution >= 4 is 17.4 Å². The Labute approximate surface area is 184 Å². The highest BCUT2D eigenvalue weighted by atomic mass is 19.1. The molecule has 1 spiro atoms. The maximum absolute atomic E-state index is 14.5. The lowest BCUT2D eigenvalue weighted by Crippen LogP contribution is -2.60. The fraction of sp³-hybridized carbons (Fsp3) is 0.565. The Morgan fingerprint density at radius 3 is 2.81 bits per heavy atom. The lowest BCUT2D eigenvalue weighted by Gasteiger charge is -2.41. The van der Waals surface area contributed by atoms with Gasteiger partial charge in [0, 0.05) is 24.7 Å². The summed E-state index contributed by atoms with van der Waals surface area (Å²) in [6.07, 6.45) is 4.40. The van der Waals surface area contributed by atoms with E-state index in [9.17, 15) is 18.4 Å². The van der Waals surface area contributed by atoms with Gasteiger partial charge in [0.15, 0.2) is 11.6 Å². The zero-order valence-electron chi connectivity index (χ0n) is 17.7. The molecule has 1 aromatic rings. The van der Waals surface area contributed by atoms with Crippen LogP contribution in [0.15, 0.2) is 18.2 Å². The van der Waals surface area contributed by atoms with Crippen LogP contribution in [0.5, 0.6) is 5.75 Å². The first-order chi connectivity index (χ1) is 15.4. The van der Waals surface area contributed by atoms with Crippen molar-refractivity contribution in [2.45, 2.75) is 49.9 Å². The van der Waals surface area contributed by atoms with Crippen molar-refractivity contribution in [3.05, 3.63) is 35.4 Å². The number of nitrogens with one attached hydrogen (secondary N) is 1. The minimum absolute atomic E-state index is 0.0188. The first-order valence-electron chi connectivity index (χ1n) is 11.1. The average molecular weight is 448 g/mol. The van der Waals surface area contributed by atoms with E-state index in [0.29, 0.717) is 50.9 Å². The maximum atomic E-state index is 14.5. The van der Waals surface area contributed by atoms with Gasteiger partial charge in [0.2, 0.25) is 11.8 Å². The first-order valence-corrected chi connectivity index (χ1v) is 11.1. The number of hydrogen-bond acceptors (Lipinski definition) is 5. The van der Waals surface area contributed by atoms with Gasteiger partial charge in [-0.2, -0.15) is 0 Å². The highest BCUT2D eigenvalue weighted by molar-refractivity contribution is 5.79. The third kappa shape index (κ3) is 3.88. The fourth-order valence-electron chi connectivity index (χ4n) is 5.15. The van der Waals surface area contributed by atoms with Crippen molar-refractivity contribution in [2.24, 2.45) is 0 Å². The summed E-state index contributed by atoms with van der Waals surface area (Å²) in [6, 6.07) is 1.75. The molecule has 0 radical (unpaired) electrons. The van der Waals surface area contributed by atoms with E-state index in [1.807, 2.05) is 6.08 Å². The smallest absolute Gasteiger partial charge is 0.246 e. The summed E-state index contributed by atoms with van der Waals surface area (Å²) in [7, 11) is 0. The molecule has 172 valence electrons. The number of fused-ring (bicyclic) bond motifs is 6. The third-order valence-corrected chi connectivity index (χ3v) is 6.92. The Bertz CT molecular complexity index is 956. The molecule has 32 heavy (non-hydrogen) atoms. The van der Waals surface area contributed by atoms with E-state index in [-0.39, 0.29) is 49.3 Å². The Balaban J connectivity index is 1.43. The molecular weight excluding hydrogens is 422 g/mol. The van der Waals surface area contributed by atoms with Gasteiger partial charge in [-0.3, -0.25) is 9.59 Å². The summed E-state index contributed by atoms with van der Waals surface area (Å²) in [4.78, 5) is 26.4. The van der Waals surface area contributed by atoms with Crippen LogP contribution in [0.25, 0.3) is 5.57 Å². The van der Waals surface area contributed by atoms with Gasteiger partial charge in [-0.05, 0) is 37.3 Å². The second-order valence-corrected chi connectivity index (χ2v) is 8.80. The van der Waals surface area contributed by atoms with Gasteiger partial charge in [-0.15, -0.1) is 0 Å². The molecule has 2 bridgehead atoms. The number of amides is 2. The molecular formula is C23H26F2N2O5. The highest BCUT2D eigenvalue weighted by Gasteiger charge is 2.52. The van der Waals surface area contributed by atoms with Gasteiger partial charge < -0.3 is 24.4 Å². The lowest BCUT2D eigenvalue weighted by molar-refractivity contribution is -0.156. The van der Waals surface area contributed by atoms with Crippen LogP contribution in [0.2, 0.25) is 0 Å². The summed E-state index contributed by atoms with van der Waals surface area (Å²) in [6.45, 7) is 1.05. The number of halogens is 2. The molecule has 7 nitrogen and oxygen atoms in total. The molecule has 5 aliphatic rings. The highest BCUT2D eigenvalue weighted by Crippen LogP contribution is 2.38. The van der Waals surface area contributed by atoms with E-state index in [4.69, 9.17) is 14.2 Å². The normalized spacial score (nSPS) is 30.8. The summed E-state index contributed by atoms with van der Waals surface area (Å²) in [5.41, 5.74) is 0.543. The third-order valence-electron chi connectivity index (χ3n) is 6.92. The number of ether oxygens (including phenoxy) is 3. The summed E-state index contributed by atoms with van der Waals surface area (Å²) in [5.74, 6) is -1.77. The number of hydrogen-bond donors (Lipinski definition) is 1. The monoisotopic (exact) mass is 448 g/mol. The Kier molecular flexibility index (Phi) is 5.63. The number of rotatable bonds is 0. The molecule has 2 amide bonds. The summed E-state index contributed by atoms with van der Waals surface area (Å²) < 4.78 is 46.3. The van der Waals surface area contributed by atoms with Crippen LogP contribution in [-0.4, -0.2) is 67.4 Å². The number of carbonyl (C=O) groups excluding carboxylic acids is 2. The zero-order chi connectivity index (χ0) is 22.3. The standard InChI is InChI=1S/C23H26F2N2O5/c24-15-9-17-14-1-3-16(4-2-14)31-11-19-23(13-26-20(28)12-32-23)6-7-27(19)21(29)5-8-30-22(17)18(25)10-15/h1,9-10,16,19H,2-8,11-13H2,(H,26,28). The van der Waals surface area contributed by atoms with Crippen molar-refractivity contribution in [1.82, 2.24) is 10.2 Å². The van der Waals surface area contributed by atoms with Crippen molar-refractivity contribution in [3.8, 4) is 5.75 Å². The van der Waals surface area contributed by atoms with Crippen molar-refractivity contribution in [1.29, 1.82) is 0 Å². The zero-order valence-corrected chi connectivity index (χ0v) is 17.7. The van der Waals surface area contributed by atoms with E-state index in [2.05, 4.69) is 5.32 Å². The fourth-order valence-corrected chi connectivity index (χ4v) is 5.15. The van der Waals surface area contributed by atoms with Crippen molar-refractivity contribution in [3.63, 3.8) is 0 Å². The van der Waals surface area contributed by atoms with Crippen LogP contribution in [-0.2, 0) is 19.1 Å². The number of carbonyl (C=O) groups is 2. The molecule has 1 aliphatic carbocycles. The number of nitrogens with zero attached hydrogens (tertiary/aromatic N) is 1. The van der Waals surface area contributed by atoms with E-state index in [1.165, 1.54) is 6.07 Å². The molecule has 2 fully saturated rings. The van der Waals surface area contributed by atoms with Crippen LogP contribution in [0.4, 0.5) is 8.78 Å².